The van der Waals surface area contributed by atoms with Crippen LogP contribution >= 0.6 is 11.6 Å². The SMILES string of the molecule is CCCNC(=O)C(C)N(CCc1ccccc1)C(=O)COc1ccccc1Cl. The van der Waals surface area contributed by atoms with Gasteiger partial charge in [-0.3, -0.25) is 9.59 Å². The topological polar surface area (TPSA) is 58.6 Å². The molecule has 2 aromatic rings. The monoisotopic (exact) mass is 402 g/mol. The highest BCUT2D eigenvalue weighted by atomic mass is 35.5. The van der Waals surface area contributed by atoms with E-state index in [4.69, 9.17) is 16.3 Å². The third kappa shape index (κ3) is 6.57. The minimum absolute atomic E-state index is 0.166. The summed E-state index contributed by atoms with van der Waals surface area (Å²) < 4.78 is 5.59. The number of nitrogens with one attached hydrogen (secondary N) is 1. The van der Waals surface area contributed by atoms with Crippen molar-refractivity contribution in [3.63, 3.8) is 0 Å². The fraction of sp³-hybridized carbons (Fsp3) is 0.364. The van der Waals surface area contributed by atoms with E-state index < -0.39 is 6.04 Å². The third-order valence-electron chi connectivity index (χ3n) is 4.39. The normalized spacial score (nSPS) is 11.5. The third-order valence-corrected chi connectivity index (χ3v) is 4.70. The summed E-state index contributed by atoms with van der Waals surface area (Å²) in [5.41, 5.74) is 1.11. The molecule has 0 heterocycles. The molecule has 28 heavy (non-hydrogen) atoms. The number of benzene rings is 2. The molecule has 2 rings (SSSR count). The molecule has 6 heteroatoms. The molecule has 2 aromatic carbocycles. The van der Waals surface area contributed by atoms with E-state index in [1.54, 1.807) is 36.1 Å². The molecule has 0 fully saturated rings. The molecule has 0 spiro atoms. The predicted molar refractivity (Wildman–Crippen MR) is 112 cm³/mol. The maximum absolute atomic E-state index is 12.8. The van der Waals surface area contributed by atoms with E-state index >= 15 is 0 Å². The van der Waals surface area contributed by atoms with E-state index in [-0.39, 0.29) is 18.4 Å². The second kappa shape index (κ2) is 11.3. The average molecular weight is 403 g/mol. The van der Waals surface area contributed by atoms with Crippen LogP contribution in [0.1, 0.15) is 25.8 Å². The first-order valence-corrected chi connectivity index (χ1v) is 9.89. The number of halogens is 1. The number of ether oxygens (including phenoxy) is 1. The minimum Gasteiger partial charge on any atom is -0.482 e. The number of carbonyl (C=O) groups is 2. The van der Waals surface area contributed by atoms with Crippen LogP contribution in [0, 0.1) is 0 Å². The minimum atomic E-state index is -0.586. The number of carbonyl (C=O) groups excluding carboxylic acids is 2. The van der Waals surface area contributed by atoms with Crippen molar-refractivity contribution in [3.8, 4) is 5.75 Å². The van der Waals surface area contributed by atoms with E-state index in [9.17, 15) is 9.59 Å². The van der Waals surface area contributed by atoms with Crippen molar-refractivity contribution < 1.29 is 14.3 Å². The van der Waals surface area contributed by atoms with Gasteiger partial charge in [0.15, 0.2) is 6.61 Å². The second-order valence-corrected chi connectivity index (χ2v) is 6.92. The van der Waals surface area contributed by atoms with Gasteiger partial charge in [-0.1, -0.05) is 61.0 Å². The zero-order valence-corrected chi connectivity index (χ0v) is 17.1. The Bertz CT molecular complexity index is 767. The predicted octanol–water partition coefficient (Wildman–Crippen LogP) is 3.70. The van der Waals surface area contributed by atoms with Gasteiger partial charge >= 0.3 is 0 Å². The highest BCUT2D eigenvalue weighted by Gasteiger charge is 2.26. The number of hydrogen-bond acceptors (Lipinski definition) is 3. The summed E-state index contributed by atoms with van der Waals surface area (Å²) in [5, 5.41) is 3.30. The van der Waals surface area contributed by atoms with Crippen LogP contribution in [0.3, 0.4) is 0 Å². The maximum atomic E-state index is 12.8. The maximum Gasteiger partial charge on any atom is 0.261 e. The van der Waals surface area contributed by atoms with Gasteiger partial charge < -0.3 is 15.0 Å². The van der Waals surface area contributed by atoms with Gasteiger partial charge in [-0.05, 0) is 37.5 Å². The van der Waals surface area contributed by atoms with Gasteiger partial charge in [-0.15, -0.1) is 0 Å². The first-order valence-electron chi connectivity index (χ1n) is 9.51. The zero-order chi connectivity index (χ0) is 20.4. The van der Waals surface area contributed by atoms with Crippen molar-refractivity contribution in [2.45, 2.75) is 32.7 Å². The van der Waals surface area contributed by atoms with Crippen LogP contribution in [0.4, 0.5) is 0 Å². The lowest BCUT2D eigenvalue weighted by Crippen LogP contribution is -2.50. The first-order chi connectivity index (χ1) is 13.5. The number of amides is 2. The van der Waals surface area contributed by atoms with E-state index in [0.29, 0.717) is 30.3 Å². The van der Waals surface area contributed by atoms with Gasteiger partial charge in [-0.2, -0.15) is 0 Å². The van der Waals surface area contributed by atoms with Crippen molar-refractivity contribution in [3.05, 3.63) is 65.2 Å². The molecule has 0 radical (unpaired) electrons. The Hall–Kier alpha value is -2.53. The van der Waals surface area contributed by atoms with Crippen LogP contribution in [0.15, 0.2) is 54.6 Å². The second-order valence-electron chi connectivity index (χ2n) is 6.51. The molecule has 0 aromatic heterocycles. The molecule has 0 aliphatic carbocycles. The van der Waals surface area contributed by atoms with Gasteiger partial charge in [0.05, 0.1) is 5.02 Å². The summed E-state index contributed by atoms with van der Waals surface area (Å²) in [6, 6.07) is 16.3. The summed E-state index contributed by atoms with van der Waals surface area (Å²) in [6.07, 6.45) is 1.50. The number of para-hydroxylation sites is 1. The Morgan fingerprint density at radius 3 is 2.46 bits per heavy atom. The number of rotatable bonds is 10. The lowest BCUT2D eigenvalue weighted by molar-refractivity contribution is -0.141. The average Bonchev–Trinajstić information content (AvgIpc) is 2.72. The number of hydrogen-bond donors (Lipinski definition) is 1. The molecule has 5 nitrogen and oxygen atoms in total. The van der Waals surface area contributed by atoms with Crippen LogP contribution in [-0.4, -0.2) is 42.5 Å². The molecule has 0 aliphatic rings. The standard InChI is InChI=1S/C22H27ClN2O3/c1-3-14-24-22(27)17(2)25(15-13-18-9-5-4-6-10-18)21(26)16-28-20-12-8-7-11-19(20)23/h4-12,17H,3,13-16H2,1-2H3,(H,24,27). The molecule has 1 unspecified atom stereocenters. The Labute approximate surface area is 171 Å². The highest BCUT2D eigenvalue weighted by Crippen LogP contribution is 2.23. The van der Waals surface area contributed by atoms with Crippen LogP contribution in [0.5, 0.6) is 5.75 Å². The molecule has 2 amide bonds. The van der Waals surface area contributed by atoms with Crippen LogP contribution in [-0.2, 0) is 16.0 Å². The Morgan fingerprint density at radius 2 is 1.79 bits per heavy atom. The Kier molecular flexibility index (Phi) is 8.82. The van der Waals surface area contributed by atoms with E-state index in [1.807, 2.05) is 37.3 Å². The van der Waals surface area contributed by atoms with Crippen molar-refractivity contribution in [1.82, 2.24) is 10.2 Å². The molecule has 0 aliphatic heterocycles. The number of nitrogens with zero attached hydrogens (tertiary/aromatic N) is 1. The largest absolute Gasteiger partial charge is 0.482 e. The molecule has 1 atom stereocenters. The van der Waals surface area contributed by atoms with Crippen molar-refractivity contribution in [2.75, 3.05) is 19.7 Å². The molecule has 0 saturated heterocycles. The molecule has 1 N–H and O–H groups in total. The van der Waals surface area contributed by atoms with Crippen LogP contribution in [0.25, 0.3) is 0 Å². The summed E-state index contributed by atoms with van der Waals surface area (Å²) >= 11 is 6.08. The van der Waals surface area contributed by atoms with Crippen LogP contribution in [0.2, 0.25) is 5.02 Å². The fourth-order valence-corrected chi connectivity index (χ4v) is 2.94. The quantitative estimate of drug-likeness (QED) is 0.659. The Balaban J connectivity index is 2.05. The molecule has 0 saturated carbocycles. The summed E-state index contributed by atoms with van der Waals surface area (Å²) in [4.78, 5) is 26.8. The summed E-state index contributed by atoms with van der Waals surface area (Å²) in [5.74, 6) is 0.0274. The fourth-order valence-electron chi connectivity index (χ4n) is 2.75. The highest BCUT2D eigenvalue weighted by molar-refractivity contribution is 6.32. The zero-order valence-electron chi connectivity index (χ0n) is 16.4. The van der Waals surface area contributed by atoms with E-state index in [2.05, 4.69) is 5.32 Å². The van der Waals surface area contributed by atoms with E-state index in [0.717, 1.165) is 12.0 Å². The van der Waals surface area contributed by atoms with Crippen molar-refractivity contribution in [1.29, 1.82) is 0 Å². The lowest BCUT2D eigenvalue weighted by Gasteiger charge is -2.28. The van der Waals surface area contributed by atoms with Gasteiger partial charge in [0.1, 0.15) is 11.8 Å². The molecular formula is C22H27ClN2O3. The van der Waals surface area contributed by atoms with Crippen molar-refractivity contribution in [2.24, 2.45) is 0 Å². The summed E-state index contributed by atoms with van der Waals surface area (Å²) in [7, 11) is 0. The van der Waals surface area contributed by atoms with E-state index in [1.165, 1.54) is 0 Å². The van der Waals surface area contributed by atoms with Crippen LogP contribution < -0.4 is 10.1 Å². The summed E-state index contributed by atoms with van der Waals surface area (Å²) in [6.45, 7) is 4.56. The first kappa shape index (κ1) is 21.8. The van der Waals surface area contributed by atoms with Gasteiger partial charge in [0.2, 0.25) is 5.91 Å². The Morgan fingerprint density at radius 1 is 1.11 bits per heavy atom. The molecule has 150 valence electrons. The lowest BCUT2D eigenvalue weighted by atomic mass is 10.1. The smallest absolute Gasteiger partial charge is 0.261 e. The van der Waals surface area contributed by atoms with Crippen molar-refractivity contribution >= 4 is 23.4 Å². The van der Waals surface area contributed by atoms with Gasteiger partial charge in [0, 0.05) is 13.1 Å². The molecule has 0 bridgehead atoms. The van der Waals surface area contributed by atoms with Gasteiger partial charge in [-0.25, -0.2) is 0 Å². The van der Waals surface area contributed by atoms with Gasteiger partial charge in [0.25, 0.3) is 5.91 Å². The molecular weight excluding hydrogens is 376 g/mol.